The first-order chi connectivity index (χ1) is 6.99. The lowest BCUT2D eigenvalue weighted by molar-refractivity contribution is 0.0378. The van der Waals surface area contributed by atoms with Gasteiger partial charge in [-0.2, -0.15) is 0 Å². The molecule has 1 unspecified atom stereocenters. The average molecular weight is 206 g/mol. The molecule has 0 radical (unpaired) electrons. The van der Waals surface area contributed by atoms with Gasteiger partial charge in [-0.25, -0.2) is 0 Å². The normalized spacial score (nSPS) is 34.9. The van der Waals surface area contributed by atoms with Gasteiger partial charge in [0.1, 0.15) is 0 Å². The quantitative estimate of drug-likeness (QED) is 0.686. The molecule has 0 saturated heterocycles. The fourth-order valence-corrected chi connectivity index (χ4v) is 2.60. The van der Waals surface area contributed by atoms with Gasteiger partial charge in [0.05, 0.1) is 5.60 Å². The highest BCUT2D eigenvalue weighted by Crippen LogP contribution is 2.39. The first-order valence-electron chi connectivity index (χ1n) is 6.07. The highest BCUT2D eigenvalue weighted by atomic mass is 16.3. The maximum Gasteiger partial charge on any atom is 0.0831 e. The molecule has 0 heterocycles. The largest absolute Gasteiger partial charge is 0.386 e. The summed E-state index contributed by atoms with van der Waals surface area (Å²) >= 11 is 0. The Bertz CT molecular complexity index is 280. The van der Waals surface area contributed by atoms with Crippen LogP contribution in [0, 0.1) is 11.3 Å². The van der Waals surface area contributed by atoms with Gasteiger partial charge in [-0.1, -0.05) is 38.2 Å². The highest BCUT2D eigenvalue weighted by Gasteiger charge is 2.33. The smallest absolute Gasteiger partial charge is 0.0831 e. The lowest BCUT2D eigenvalue weighted by Gasteiger charge is -2.36. The van der Waals surface area contributed by atoms with Crippen LogP contribution in [0.3, 0.4) is 0 Å². The first-order valence-corrected chi connectivity index (χ1v) is 6.07. The fraction of sp³-hybridized carbons (Fsp3) is 0.714. The maximum absolute atomic E-state index is 10.4. The molecule has 15 heavy (non-hydrogen) atoms. The maximum atomic E-state index is 10.4. The summed E-state index contributed by atoms with van der Waals surface area (Å²) in [5, 5.41) is 10.4. The molecule has 0 saturated carbocycles. The van der Waals surface area contributed by atoms with Gasteiger partial charge in [-0.15, -0.1) is 0 Å². The highest BCUT2D eigenvalue weighted by molar-refractivity contribution is 5.12. The van der Waals surface area contributed by atoms with Crippen LogP contribution in [-0.2, 0) is 0 Å². The van der Waals surface area contributed by atoms with Crippen molar-refractivity contribution in [3.63, 3.8) is 0 Å². The molecule has 0 aromatic heterocycles. The van der Waals surface area contributed by atoms with Gasteiger partial charge in [0.2, 0.25) is 0 Å². The van der Waals surface area contributed by atoms with E-state index in [1.165, 1.54) is 0 Å². The van der Waals surface area contributed by atoms with Crippen LogP contribution < -0.4 is 0 Å². The summed E-state index contributed by atoms with van der Waals surface area (Å²) in [4.78, 5) is 0. The summed E-state index contributed by atoms with van der Waals surface area (Å²) in [7, 11) is 0. The second kappa shape index (κ2) is 3.79. The van der Waals surface area contributed by atoms with Crippen molar-refractivity contribution in [1.82, 2.24) is 0 Å². The summed E-state index contributed by atoms with van der Waals surface area (Å²) in [6, 6.07) is 0. The van der Waals surface area contributed by atoms with Crippen molar-refractivity contribution in [2.24, 2.45) is 11.3 Å². The third-order valence-electron chi connectivity index (χ3n) is 3.79. The molecule has 0 bridgehead atoms. The van der Waals surface area contributed by atoms with E-state index in [9.17, 15) is 5.11 Å². The molecule has 0 spiro atoms. The Morgan fingerprint density at radius 1 is 1.13 bits per heavy atom. The Labute approximate surface area is 92.9 Å². The minimum Gasteiger partial charge on any atom is -0.386 e. The van der Waals surface area contributed by atoms with Gasteiger partial charge >= 0.3 is 0 Å². The molecule has 84 valence electrons. The van der Waals surface area contributed by atoms with Gasteiger partial charge in [-0.05, 0) is 43.4 Å². The van der Waals surface area contributed by atoms with Crippen LogP contribution in [0.5, 0.6) is 0 Å². The number of aliphatic hydroxyl groups is 1. The van der Waals surface area contributed by atoms with E-state index in [1.807, 2.05) is 0 Å². The molecule has 0 aromatic carbocycles. The molecule has 1 atom stereocenters. The first kappa shape index (κ1) is 10.9. The molecule has 0 amide bonds. The Balaban J connectivity index is 1.96. The second-order valence-corrected chi connectivity index (χ2v) is 5.94. The zero-order valence-corrected chi connectivity index (χ0v) is 9.87. The summed E-state index contributed by atoms with van der Waals surface area (Å²) in [5.41, 5.74) is -0.244. The van der Waals surface area contributed by atoms with Gasteiger partial charge < -0.3 is 5.11 Å². The summed E-state index contributed by atoms with van der Waals surface area (Å²) in [5.74, 6) is 0.667. The monoisotopic (exact) mass is 206 g/mol. The van der Waals surface area contributed by atoms with Crippen molar-refractivity contribution in [3.05, 3.63) is 24.3 Å². The van der Waals surface area contributed by atoms with Crippen molar-refractivity contribution in [1.29, 1.82) is 0 Å². The van der Waals surface area contributed by atoms with Crippen molar-refractivity contribution >= 4 is 0 Å². The predicted molar refractivity (Wildman–Crippen MR) is 63.6 cm³/mol. The lowest BCUT2D eigenvalue weighted by atomic mass is 9.73. The zero-order valence-electron chi connectivity index (χ0n) is 9.87. The Hall–Kier alpha value is -0.560. The molecule has 2 aliphatic rings. The topological polar surface area (TPSA) is 20.2 Å². The van der Waals surface area contributed by atoms with Gasteiger partial charge in [0.15, 0.2) is 0 Å². The molecule has 0 aromatic rings. The van der Waals surface area contributed by atoms with E-state index in [1.54, 1.807) is 0 Å². The number of hydrogen-bond donors (Lipinski definition) is 1. The van der Waals surface area contributed by atoms with Crippen molar-refractivity contribution < 1.29 is 5.11 Å². The fourth-order valence-electron chi connectivity index (χ4n) is 2.60. The van der Waals surface area contributed by atoms with E-state index < -0.39 is 5.60 Å². The van der Waals surface area contributed by atoms with E-state index in [2.05, 4.69) is 38.2 Å². The second-order valence-electron chi connectivity index (χ2n) is 5.94. The van der Waals surface area contributed by atoms with Crippen LogP contribution in [0.15, 0.2) is 24.3 Å². The van der Waals surface area contributed by atoms with E-state index in [0.717, 1.165) is 32.1 Å². The van der Waals surface area contributed by atoms with Crippen LogP contribution >= 0.6 is 0 Å². The molecule has 0 fully saturated rings. The van der Waals surface area contributed by atoms with Gasteiger partial charge in [0, 0.05) is 0 Å². The van der Waals surface area contributed by atoms with Crippen molar-refractivity contribution in [3.8, 4) is 0 Å². The molecule has 1 N–H and O–H groups in total. The summed E-state index contributed by atoms with van der Waals surface area (Å²) in [6.45, 7) is 4.47. The van der Waals surface area contributed by atoms with Crippen LogP contribution in [0.25, 0.3) is 0 Å². The lowest BCUT2D eigenvalue weighted by Crippen LogP contribution is -2.34. The van der Waals surface area contributed by atoms with E-state index in [4.69, 9.17) is 0 Å². The summed E-state index contributed by atoms with van der Waals surface area (Å²) < 4.78 is 0. The number of rotatable bonds is 2. The van der Waals surface area contributed by atoms with E-state index >= 15 is 0 Å². The molecule has 1 heteroatoms. The van der Waals surface area contributed by atoms with Crippen molar-refractivity contribution in [2.45, 2.75) is 51.6 Å². The van der Waals surface area contributed by atoms with Crippen molar-refractivity contribution in [2.75, 3.05) is 0 Å². The van der Waals surface area contributed by atoms with Gasteiger partial charge in [-0.3, -0.25) is 0 Å². The van der Waals surface area contributed by atoms with Crippen LogP contribution in [-0.4, -0.2) is 10.7 Å². The molecule has 2 rings (SSSR count). The standard InChI is InChI=1S/C14H22O/c1-13(2)7-9-14(15,10-8-13)11-12-5-3-4-6-12/h3-4,7,9,12,15H,5-6,8,10-11H2,1-2H3. The van der Waals surface area contributed by atoms with Crippen LogP contribution in [0.1, 0.15) is 46.0 Å². The Morgan fingerprint density at radius 3 is 2.33 bits per heavy atom. The van der Waals surface area contributed by atoms with Crippen LogP contribution in [0.4, 0.5) is 0 Å². The molecule has 2 aliphatic carbocycles. The molecular weight excluding hydrogens is 184 g/mol. The third kappa shape index (κ3) is 2.72. The molecular formula is C14H22O. The third-order valence-corrected chi connectivity index (χ3v) is 3.79. The molecule has 1 nitrogen and oxygen atoms in total. The number of allylic oxidation sites excluding steroid dienone is 3. The summed E-state index contributed by atoms with van der Waals surface area (Å²) in [6.07, 6.45) is 14.0. The minimum absolute atomic E-state index is 0.278. The Kier molecular flexibility index (Phi) is 2.76. The number of hydrogen-bond acceptors (Lipinski definition) is 1. The zero-order chi connectivity index (χ0) is 10.9. The Morgan fingerprint density at radius 2 is 1.80 bits per heavy atom. The molecule has 0 aliphatic heterocycles. The SMILES string of the molecule is CC1(C)C=CC(O)(CC2CC=CC2)CC1. The van der Waals surface area contributed by atoms with Crippen LogP contribution in [0.2, 0.25) is 0 Å². The minimum atomic E-state index is -0.522. The average Bonchev–Trinajstić information content (AvgIpc) is 2.64. The van der Waals surface area contributed by atoms with Gasteiger partial charge in [0.25, 0.3) is 0 Å². The van der Waals surface area contributed by atoms with E-state index in [-0.39, 0.29) is 5.41 Å². The predicted octanol–water partition coefficient (Wildman–Crippen LogP) is 3.45. The van der Waals surface area contributed by atoms with E-state index in [0.29, 0.717) is 5.92 Å².